The molecular weight excluding hydrogens is 192 g/mol. The molecule has 0 saturated heterocycles. The molecule has 0 radical (unpaired) electrons. The Hall–Kier alpha value is -1.58. The van der Waals surface area contributed by atoms with Crippen LogP contribution in [0, 0.1) is 0 Å². The van der Waals surface area contributed by atoms with Gasteiger partial charge in [0, 0.05) is 25.0 Å². The van der Waals surface area contributed by atoms with E-state index in [1.54, 1.807) is 6.07 Å². The molecule has 1 atom stereocenters. The van der Waals surface area contributed by atoms with E-state index in [4.69, 9.17) is 5.11 Å². The molecule has 4 nitrogen and oxygen atoms in total. The number of hydrogen-bond acceptors (Lipinski definition) is 3. The van der Waals surface area contributed by atoms with Crippen molar-refractivity contribution in [3.8, 4) is 0 Å². The molecule has 15 heavy (non-hydrogen) atoms. The van der Waals surface area contributed by atoms with Gasteiger partial charge < -0.3 is 10.0 Å². The van der Waals surface area contributed by atoms with Crippen molar-refractivity contribution in [3.63, 3.8) is 0 Å². The van der Waals surface area contributed by atoms with E-state index in [2.05, 4.69) is 18.8 Å². The molecule has 1 N–H and O–H groups in total. The molecule has 1 aromatic rings. The van der Waals surface area contributed by atoms with Gasteiger partial charge >= 0.3 is 5.97 Å². The fraction of sp³-hybridized carbons (Fsp3) is 0.455. The molecule has 82 valence electrons. The third-order valence-corrected chi connectivity index (χ3v) is 2.62. The Kier molecular flexibility index (Phi) is 3.66. The van der Waals surface area contributed by atoms with Crippen LogP contribution in [0.1, 0.15) is 30.8 Å². The van der Waals surface area contributed by atoms with Crippen molar-refractivity contribution in [2.24, 2.45) is 0 Å². The monoisotopic (exact) mass is 208 g/mol. The molecule has 0 aromatic carbocycles. The zero-order chi connectivity index (χ0) is 11.4. The summed E-state index contributed by atoms with van der Waals surface area (Å²) in [6.07, 6.45) is 2.54. The quantitative estimate of drug-likeness (QED) is 0.822. The minimum atomic E-state index is -0.991. The number of carboxylic acids is 1. The Balaban J connectivity index is 2.94. The molecular formula is C11H16N2O2. The first-order chi connectivity index (χ1) is 7.06. The van der Waals surface area contributed by atoms with Crippen molar-refractivity contribution in [1.29, 1.82) is 0 Å². The van der Waals surface area contributed by atoms with E-state index in [9.17, 15) is 4.79 Å². The van der Waals surface area contributed by atoms with Gasteiger partial charge in [-0.1, -0.05) is 6.92 Å². The highest BCUT2D eigenvalue weighted by Crippen LogP contribution is 2.16. The average molecular weight is 208 g/mol. The summed E-state index contributed by atoms with van der Waals surface area (Å²) in [6, 6.07) is 3.79. The number of aromatic nitrogens is 1. The number of carbonyl (C=O) groups is 1. The summed E-state index contributed by atoms with van der Waals surface area (Å²) in [5, 5.41) is 8.81. The molecule has 1 aromatic heterocycles. The lowest BCUT2D eigenvalue weighted by molar-refractivity contribution is 0.0690. The molecule has 0 fully saturated rings. The van der Waals surface area contributed by atoms with Crippen LogP contribution in [0.4, 0.5) is 5.69 Å². The third-order valence-electron chi connectivity index (χ3n) is 2.62. The molecule has 0 saturated carbocycles. The molecule has 1 rings (SSSR count). The van der Waals surface area contributed by atoms with Crippen LogP contribution in [0.3, 0.4) is 0 Å². The fourth-order valence-electron chi connectivity index (χ4n) is 1.28. The van der Waals surface area contributed by atoms with Crippen LogP contribution in [-0.2, 0) is 0 Å². The lowest BCUT2D eigenvalue weighted by Crippen LogP contribution is -2.28. The first-order valence-corrected chi connectivity index (χ1v) is 4.98. The van der Waals surface area contributed by atoms with Crippen LogP contribution in [0.2, 0.25) is 0 Å². The maximum atomic E-state index is 10.7. The highest BCUT2D eigenvalue weighted by atomic mass is 16.4. The zero-order valence-corrected chi connectivity index (χ0v) is 9.27. The van der Waals surface area contributed by atoms with E-state index in [0.717, 1.165) is 12.1 Å². The average Bonchev–Trinajstić information content (AvgIpc) is 2.27. The summed E-state index contributed by atoms with van der Waals surface area (Å²) in [5.74, 6) is -0.991. The molecule has 0 aliphatic heterocycles. The van der Waals surface area contributed by atoms with Crippen molar-refractivity contribution in [2.75, 3.05) is 11.9 Å². The third kappa shape index (κ3) is 2.68. The van der Waals surface area contributed by atoms with Gasteiger partial charge in [-0.2, -0.15) is 0 Å². The van der Waals surface area contributed by atoms with E-state index in [1.807, 2.05) is 18.0 Å². The Labute approximate surface area is 89.6 Å². The zero-order valence-electron chi connectivity index (χ0n) is 9.27. The summed E-state index contributed by atoms with van der Waals surface area (Å²) in [5.41, 5.74) is 0.972. The Morgan fingerprint density at radius 2 is 2.33 bits per heavy atom. The second-order valence-electron chi connectivity index (χ2n) is 3.57. The van der Waals surface area contributed by atoms with Gasteiger partial charge in [0.05, 0.1) is 0 Å². The van der Waals surface area contributed by atoms with Crippen LogP contribution < -0.4 is 4.90 Å². The van der Waals surface area contributed by atoms with Gasteiger partial charge in [-0.15, -0.1) is 0 Å². The van der Waals surface area contributed by atoms with Crippen molar-refractivity contribution in [3.05, 3.63) is 24.0 Å². The predicted octanol–water partition coefficient (Wildman–Crippen LogP) is 2.01. The number of aromatic carboxylic acids is 1. The standard InChI is InChI=1S/C11H16N2O2/c1-4-8(2)13(3)9-5-6-12-10(7-9)11(14)15/h5-8H,4H2,1-3H3,(H,14,15). The van der Waals surface area contributed by atoms with Crippen LogP contribution in [-0.4, -0.2) is 29.1 Å². The number of pyridine rings is 1. The smallest absolute Gasteiger partial charge is 0.354 e. The number of anilines is 1. The SMILES string of the molecule is CCC(C)N(C)c1ccnc(C(=O)O)c1. The first-order valence-electron chi connectivity index (χ1n) is 4.98. The van der Waals surface area contributed by atoms with E-state index >= 15 is 0 Å². The van der Waals surface area contributed by atoms with Crippen LogP contribution in [0.25, 0.3) is 0 Å². The van der Waals surface area contributed by atoms with Crippen LogP contribution in [0.5, 0.6) is 0 Å². The highest BCUT2D eigenvalue weighted by molar-refractivity contribution is 5.86. The second kappa shape index (κ2) is 4.77. The number of rotatable bonds is 4. The molecule has 0 aliphatic rings. The molecule has 0 bridgehead atoms. The fourth-order valence-corrected chi connectivity index (χ4v) is 1.28. The van der Waals surface area contributed by atoms with Crippen LogP contribution >= 0.6 is 0 Å². The van der Waals surface area contributed by atoms with E-state index < -0.39 is 5.97 Å². The lowest BCUT2D eigenvalue weighted by atomic mass is 10.2. The van der Waals surface area contributed by atoms with Gasteiger partial charge in [0.25, 0.3) is 0 Å². The number of hydrogen-bond donors (Lipinski definition) is 1. The topological polar surface area (TPSA) is 53.4 Å². The van der Waals surface area contributed by atoms with Crippen molar-refractivity contribution in [1.82, 2.24) is 4.98 Å². The Morgan fingerprint density at radius 3 is 2.87 bits per heavy atom. The van der Waals surface area contributed by atoms with E-state index in [-0.39, 0.29) is 5.69 Å². The lowest BCUT2D eigenvalue weighted by Gasteiger charge is -2.25. The van der Waals surface area contributed by atoms with E-state index in [0.29, 0.717) is 6.04 Å². The molecule has 4 heteroatoms. The predicted molar refractivity (Wildman–Crippen MR) is 59.4 cm³/mol. The molecule has 1 heterocycles. The summed E-state index contributed by atoms with van der Waals surface area (Å²) < 4.78 is 0. The maximum absolute atomic E-state index is 10.7. The second-order valence-corrected chi connectivity index (χ2v) is 3.57. The van der Waals surface area contributed by atoms with Crippen molar-refractivity contribution in [2.45, 2.75) is 26.3 Å². The normalized spacial score (nSPS) is 12.2. The minimum Gasteiger partial charge on any atom is -0.477 e. The van der Waals surface area contributed by atoms with Crippen molar-refractivity contribution < 1.29 is 9.90 Å². The maximum Gasteiger partial charge on any atom is 0.354 e. The Morgan fingerprint density at radius 1 is 1.67 bits per heavy atom. The summed E-state index contributed by atoms with van der Waals surface area (Å²) in [4.78, 5) is 16.6. The van der Waals surface area contributed by atoms with Crippen LogP contribution in [0.15, 0.2) is 18.3 Å². The number of nitrogens with zero attached hydrogens (tertiary/aromatic N) is 2. The van der Waals surface area contributed by atoms with E-state index in [1.165, 1.54) is 6.20 Å². The Bertz CT molecular complexity index is 352. The summed E-state index contributed by atoms with van der Waals surface area (Å²) in [6.45, 7) is 4.20. The largest absolute Gasteiger partial charge is 0.477 e. The number of carboxylic acid groups (broad SMARTS) is 1. The first kappa shape index (κ1) is 11.5. The molecule has 0 spiro atoms. The highest BCUT2D eigenvalue weighted by Gasteiger charge is 2.11. The van der Waals surface area contributed by atoms with Gasteiger partial charge in [-0.3, -0.25) is 0 Å². The van der Waals surface area contributed by atoms with Gasteiger partial charge in [-0.05, 0) is 25.5 Å². The molecule has 1 unspecified atom stereocenters. The van der Waals surface area contributed by atoms with Gasteiger partial charge in [0.1, 0.15) is 5.69 Å². The van der Waals surface area contributed by atoms with Gasteiger partial charge in [-0.25, -0.2) is 9.78 Å². The summed E-state index contributed by atoms with van der Waals surface area (Å²) >= 11 is 0. The minimum absolute atomic E-state index is 0.0858. The summed E-state index contributed by atoms with van der Waals surface area (Å²) in [7, 11) is 1.95. The van der Waals surface area contributed by atoms with Crippen molar-refractivity contribution >= 4 is 11.7 Å². The molecule has 0 aliphatic carbocycles. The van der Waals surface area contributed by atoms with Gasteiger partial charge in [0.15, 0.2) is 0 Å². The van der Waals surface area contributed by atoms with Gasteiger partial charge in [0.2, 0.25) is 0 Å². The molecule has 0 amide bonds.